The van der Waals surface area contributed by atoms with Gasteiger partial charge in [0, 0.05) is 13.1 Å². The molecule has 1 amide bonds. The smallest absolute Gasteiger partial charge is 0.251 e. The molecule has 2 aliphatic rings. The highest BCUT2D eigenvalue weighted by atomic mass is 16.5. The molecule has 0 aromatic heterocycles. The average Bonchev–Trinajstić information content (AvgIpc) is 3.08. The molecule has 2 rings (SSSR count). The van der Waals surface area contributed by atoms with Gasteiger partial charge in [-0.15, -0.1) is 0 Å². The molecule has 0 aromatic carbocycles. The highest BCUT2D eigenvalue weighted by Crippen LogP contribution is 2.29. The lowest BCUT2D eigenvalue weighted by Crippen LogP contribution is -2.44. The molecule has 3 nitrogen and oxygen atoms in total. The quantitative estimate of drug-likeness (QED) is 0.733. The molecule has 0 N–H and O–H groups in total. The van der Waals surface area contributed by atoms with E-state index in [1.165, 1.54) is 19.3 Å². The molecule has 1 heterocycles. The molecule has 16 heavy (non-hydrogen) atoms. The van der Waals surface area contributed by atoms with Crippen molar-refractivity contribution < 1.29 is 9.53 Å². The lowest BCUT2D eigenvalue weighted by Gasteiger charge is -2.32. The van der Waals surface area contributed by atoms with Crippen LogP contribution in [0.5, 0.6) is 0 Å². The highest BCUT2D eigenvalue weighted by molar-refractivity contribution is 5.80. The van der Waals surface area contributed by atoms with E-state index in [2.05, 4.69) is 6.92 Å². The Kier molecular flexibility index (Phi) is 3.85. The molecule has 1 aliphatic carbocycles. The first kappa shape index (κ1) is 11.9. The fourth-order valence-corrected chi connectivity index (χ4v) is 2.28. The van der Waals surface area contributed by atoms with Crippen LogP contribution in [0, 0.1) is 11.8 Å². The number of hydrogen-bond acceptors (Lipinski definition) is 2. The number of nitrogens with zero attached hydrogens (tertiary/aromatic N) is 1. The van der Waals surface area contributed by atoms with Gasteiger partial charge in [-0.1, -0.05) is 6.92 Å². The number of carbonyl (C=O) groups excluding carboxylic acids is 1. The van der Waals surface area contributed by atoms with Crippen molar-refractivity contribution in [3.05, 3.63) is 0 Å². The predicted octanol–water partition coefficient (Wildman–Crippen LogP) is 2.06. The van der Waals surface area contributed by atoms with Crippen molar-refractivity contribution >= 4 is 5.91 Å². The molecule has 92 valence electrons. The number of ether oxygens (including phenoxy) is 1. The molecule has 0 spiro atoms. The van der Waals surface area contributed by atoms with E-state index in [9.17, 15) is 4.79 Å². The minimum absolute atomic E-state index is 0.187. The summed E-state index contributed by atoms with van der Waals surface area (Å²) in [6, 6.07) is 0. The van der Waals surface area contributed by atoms with E-state index in [0.717, 1.165) is 32.0 Å². The third-order valence-electron chi connectivity index (χ3n) is 3.60. The first-order chi connectivity index (χ1) is 7.66. The van der Waals surface area contributed by atoms with E-state index in [4.69, 9.17) is 4.74 Å². The molecule has 0 radical (unpaired) electrons. The van der Waals surface area contributed by atoms with Gasteiger partial charge in [0.1, 0.15) is 6.10 Å². The maximum absolute atomic E-state index is 12.1. The molecule has 1 saturated carbocycles. The predicted molar refractivity (Wildman–Crippen MR) is 63.1 cm³/mol. The van der Waals surface area contributed by atoms with Crippen molar-refractivity contribution in [3.63, 3.8) is 0 Å². The van der Waals surface area contributed by atoms with Crippen LogP contribution in [0.3, 0.4) is 0 Å². The SMILES string of the molecule is C[C@@H]1CCCN(C(=O)[C@H](C)OCC2CC2)C1. The average molecular weight is 225 g/mol. The Morgan fingerprint density at radius 1 is 1.44 bits per heavy atom. The summed E-state index contributed by atoms with van der Waals surface area (Å²) in [6.07, 6.45) is 4.71. The summed E-state index contributed by atoms with van der Waals surface area (Å²) in [5.74, 6) is 1.57. The van der Waals surface area contributed by atoms with E-state index >= 15 is 0 Å². The summed E-state index contributed by atoms with van der Waals surface area (Å²) in [7, 11) is 0. The monoisotopic (exact) mass is 225 g/mol. The lowest BCUT2D eigenvalue weighted by atomic mass is 10.00. The molecule has 0 unspecified atom stereocenters. The van der Waals surface area contributed by atoms with E-state index in [0.29, 0.717) is 5.92 Å². The van der Waals surface area contributed by atoms with Gasteiger partial charge in [0.25, 0.3) is 5.91 Å². The van der Waals surface area contributed by atoms with Gasteiger partial charge >= 0.3 is 0 Å². The zero-order valence-corrected chi connectivity index (χ0v) is 10.4. The number of hydrogen-bond donors (Lipinski definition) is 0. The fourth-order valence-electron chi connectivity index (χ4n) is 2.28. The van der Waals surface area contributed by atoms with Gasteiger partial charge in [0.05, 0.1) is 6.61 Å². The summed E-state index contributed by atoms with van der Waals surface area (Å²) in [4.78, 5) is 14.1. The Hall–Kier alpha value is -0.570. The van der Waals surface area contributed by atoms with Gasteiger partial charge in [-0.3, -0.25) is 4.79 Å². The van der Waals surface area contributed by atoms with Crippen molar-refractivity contribution in [1.29, 1.82) is 0 Å². The largest absolute Gasteiger partial charge is 0.368 e. The molecule has 3 heteroatoms. The summed E-state index contributed by atoms with van der Waals surface area (Å²) < 4.78 is 5.62. The van der Waals surface area contributed by atoms with E-state index in [-0.39, 0.29) is 12.0 Å². The zero-order chi connectivity index (χ0) is 11.5. The van der Waals surface area contributed by atoms with Crippen molar-refractivity contribution in [2.24, 2.45) is 11.8 Å². The Morgan fingerprint density at radius 3 is 2.81 bits per heavy atom. The lowest BCUT2D eigenvalue weighted by molar-refractivity contribution is -0.144. The van der Waals surface area contributed by atoms with E-state index < -0.39 is 0 Å². The number of amides is 1. The maximum atomic E-state index is 12.1. The second-order valence-electron chi connectivity index (χ2n) is 5.45. The molecule has 2 fully saturated rings. The second-order valence-corrected chi connectivity index (χ2v) is 5.45. The molecule has 0 aromatic rings. The summed E-state index contributed by atoms with van der Waals surface area (Å²) in [5.41, 5.74) is 0. The Labute approximate surface area is 98.1 Å². The van der Waals surface area contributed by atoms with Crippen molar-refractivity contribution in [2.45, 2.75) is 45.6 Å². The van der Waals surface area contributed by atoms with Crippen LogP contribution in [0.25, 0.3) is 0 Å². The fraction of sp³-hybridized carbons (Fsp3) is 0.923. The Bertz CT molecular complexity index is 250. The molecule has 0 bridgehead atoms. The summed E-state index contributed by atoms with van der Waals surface area (Å²) in [6.45, 7) is 6.71. The summed E-state index contributed by atoms with van der Waals surface area (Å²) >= 11 is 0. The third kappa shape index (κ3) is 3.21. The molecular weight excluding hydrogens is 202 g/mol. The first-order valence-corrected chi connectivity index (χ1v) is 6.57. The van der Waals surface area contributed by atoms with Gasteiger partial charge in [-0.2, -0.15) is 0 Å². The van der Waals surface area contributed by atoms with Crippen LogP contribution in [0.2, 0.25) is 0 Å². The van der Waals surface area contributed by atoms with Crippen LogP contribution in [0.15, 0.2) is 0 Å². The normalized spacial score (nSPS) is 27.9. The van der Waals surface area contributed by atoms with Crippen LogP contribution in [0.4, 0.5) is 0 Å². The van der Waals surface area contributed by atoms with Crippen LogP contribution in [0.1, 0.15) is 39.5 Å². The minimum Gasteiger partial charge on any atom is -0.368 e. The standard InChI is InChI=1S/C13H23NO2/c1-10-4-3-7-14(8-10)13(15)11(2)16-9-12-5-6-12/h10-12H,3-9H2,1-2H3/t10-,11+/m1/s1. The van der Waals surface area contributed by atoms with Crippen molar-refractivity contribution in [1.82, 2.24) is 4.90 Å². The van der Waals surface area contributed by atoms with Gasteiger partial charge in [0.15, 0.2) is 0 Å². The van der Waals surface area contributed by atoms with Gasteiger partial charge < -0.3 is 9.64 Å². The zero-order valence-electron chi connectivity index (χ0n) is 10.4. The topological polar surface area (TPSA) is 29.5 Å². The summed E-state index contributed by atoms with van der Waals surface area (Å²) in [5, 5.41) is 0. The number of piperidine rings is 1. The first-order valence-electron chi connectivity index (χ1n) is 6.57. The van der Waals surface area contributed by atoms with Crippen LogP contribution in [-0.4, -0.2) is 36.6 Å². The minimum atomic E-state index is -0.245. The van der Waals surface area contributed by atoms with Crippen molar-refractivity contribution in [2.75, 3.05) is 19.7 Å². The Morgan fingerprint density at radius 2 is 2.19 bits per heavy atom. The third-order valence-corrected chi connectivity index (χ3v) is 3.60. The molecule has 2 atom stereocenters. The molecule has 1 saturated heterocycles. The van der Waals surface area contributed by atoms with E-state index in [1.807, 2.05) is 11.8 Å². The van der Waals surface area contributed by atoms with Gasteiger partial charge in [0.2, 0.25) is 0 Å². The number of carbonyl (C=O) groups is 1. The van der Waals surface area contributed by atoms with Crippen LogP contribution >= 0.6 is 0 Å². The Balaban J connectivity index is 1.75. The maximum Gasteiger partial charge on any atom is 0.251 e. The molecule has 1 aliphatic heterocycles. The number of likely N-dealkylation sites (tertiary alicyclic amines) is 1. The van der Waals surface area contributed by atoms with Gasteiger partial charge in [-0.05, 0) is 44.4 Å². The second kappa shape index (κ2) is 5.17. The van der Waals surface area contributed by atoms with Crippen LogP contribution < -0.4 is 0 Å². The number of rotatable bonds is 4. The van der Waals surface area contributed by atoms with Crippen molar-refractivity contribution in [3.8, 4) is 0 Å². The molecular formula is C13H23NO2. The van der Waals surface area contributed by atoms with Gasteiger partial charge in [-0.25, -0.2) is 0 Å². The highest BCUT2D eigenvalue weighted by Gasteiger charge is 2.28. The van der Waals surface area contributed by atoms with Crippen LogP contribution in [-0.2, 0) is 9.53 Å². The van der Waals surface area contributed by atoms with E-state index in [1.54, 1.807) is 0 Å².